The van der Waals surface area contributed by atoms with Crippen LogP contribution in [0.1, 0.15) is 7.43 Å². The number of nitrogens with one attached hydrogen (secondary N) is 1. The zero-order valence-corrected chi connectivity index (χ0v) is 31.5. The van der Waals surface area contributed by atoms with E-state index in [9.17, 15) is 18.3 Å². The van der Waals surface area contributed by atoms with E-state index in [4.69, 9.17) is 34.7 Å². The van der Waals surface area contributed by atoms with E-state index in [1.54, 1.807) is 57.7 Å². The molecule has 0 saturated heterocycles. The molecule has 6 rings (SSSR count). The van der Waals surface area contributed by atoms with Gasteiger partial charge >= 0.3 is 0 Å². The van der Waals surface area contributed by atoms with E-state index in [0.717, 1.165) is 0 Å². The SMILES string of the molecule is C.COC[C@@H](Cn1cnc2c(=O)[nH]c(N)nc21)OCP(C)(=O)Oc1ccccc1.CP(=O)(CO[C@@H](CF)Cn1cnc2c(N)ncnc21)Oc1ccccc1. The predicted molar refractivity (Wildman–Crippen MR) is 208 cm³/mol. The molecule has 4 aromatic heterocycles. The van der Waals surface area contributed by atoms with Crippen LogP contribution in [0.2, 0.25) is 0 Å². The molecule has 55 heavy (non-hydrogen) atoms. The summed E-state index contributed by atoms with van der Waals surface area (Å²) in [6.45, 7) is 2.88. The minimum absolute atomic E-state index is 0. The third-order valence-electron chi connectivity index (χ3n) is 7.42. The molecule has 0 fully saturated rings. The normalized spacial score (nSPS) is 14.5. The first kappa shape index (κ1) is 42.6. The summed E-state index contributed by atoms with van der Waals surface area (Å²) in [5.41, 5.74) is 12.4. The molecule has 18 nitrogen and oxygen atoms in total. The van der Waals surface area contributed by atoms with Crippen molar-refractivity contribution in [2.75, 3.05) is 57.9 Å². The molecule has 0 spiro atoms. The number of para-hydroxylation sites is 2. The van der Waals surface area contributed by atoms with Crippen LogP contribution >= 0.6 is 14.7 Å². The quantitative estimate of drug-likeness (QED) is 0.103. The van der Waals surface area contributed by atoms with Crippen LogP contribution in [0, 0.1) is 0 Å². The summed E-state index contributed by atoms with van der Waals surface area (Å²) in [4.78, 5) is 34.6. The fraction of sp³-hybridized carbons (Fsp3) is 0.353. The van der Waals surface area contributed by atoms with Crippen LogP contribution in [0.4, 0.5) is 16.2 Å². The first-order valence-corrected chi connectivity index (χ1v) is 20.9. The van der Waals surface area contributed by atoms with Crippen LogP contribution < -0.4 is 26.1 Å². The Morgan fingerprint density at radius 2 is 1.31 bits per heavy atom. The smallest absolute Gasteiger partial charge is 0.280 e. The van der Waals surface area contributed by atoms with Gasteiger partial charge in [0.15, 0.2) is 22.6 Å². The number of imidazole rings is 2. The molecule has 0 radical (unpaired) electrons. The zero-order valence-electron chi connectivity index (χ0n) is 29.7. The van der Waals surface area contributed by atoms with Gasteiger partial charge in [-0.25, -0.2) is 24.3 Å². The first-order chi connectivity index (χ1) is 25.9. The number of methoxy groups -OCH3 is 1. The van der Waals surface area contributed by atoms with E-state index in [-0.39, 0.29) is 57.1 Å². The van der Waals surface area contributed by atoms with Crippen molar-refractivity contribution in [1.29, 1.82) is 0 Å². The highest BCUT2D eigenvalue weighted by Gasteiger charge is 2.24. The maximum Gasteiger partial charge on any atom is 0.280 e. The molecule has 296 valence electrons. The van der Waals surface area contributed by atoms with Gasteiger partial charge in [-0.05, 0) is 24.3 Å². The molecule has 0 saturated carbocycles. The van der Waals surface area contributed by atoms with Crippen molar-refractivity contribution in [1.82, 2.24) is 39.0 Å². The van der Waals surface area contributed by atoms with Crippen molar-refractivity contribution in [2.24, 2.45) is 0 Å². The second kappa shape index (κ2) is 19.4. The van der Waals surface area contributed by atoms with Crippen LogP contribution in [0.25, 0.3) is 22.3 Å². The molecule has 0 aliphatic carbocycles. The number of alkyl halides is 1. The van der Waals surface area contributed by atoms with E-state index in [1.165, 1.54) is 39.4 Å². The third kappa shape index (κ3) is 12.2. The van der Waals surface area contributed by atoms with Gasteiger partial charge in [-0.2, -0.15) is 4.98 Å². The molecule has 0 aliphatic heterocycles. The molecule has 0 amide bonds. The van der Waals surface area contributed by atoms with Crippen LogP contribution in [0.3, 0.4) is 0 Å². The van der Waals surface area contributed by atoms with Crippen LogP contribution in [-0.2, 0) is 36.4 Å². The Balaban J connectivity index is 0.000000241. The van der Waals surface area contributed by atoms with Gasteiger partial charge in [0.2, 0.25) is 5.95 Å². The second-order valence-electron chi connectivity index (χ2n) is 12.1. The second-order valence-corrected chi connectivity index (χ2v) is 17.1. The molecule has 0 bridgehead atoms. The average molecular weight is 803 g/mol. The van der Waals surface area contributed by atoms with E-state index in [0.29, 0.717) is 28.3 Å². The van der Waals surface area contributed by atoms with Gasteiger partial charge in [-0.3, -0.25) is 18.9 Å². The summed E-state index contributed by atoms with van der Waals surface area (Å²) in [5.74, 6) is 1.24. The van der Waals surface area contributed by atoms with Gasteiger partial charge < -0.3 is 43.9 Å². The van der Waals surface area contributed by atoms with Crippen molar-refractivity contribution in [2.45, 2.75) is 32.7 Å². The summed E-state index contributed by atoms with van der Waals surface area (Å²) < 4.78 is 69.4. The molecule has 21 heteroatoms. The summed E-state index contributed by atoms with van der Waals surface area (Å²) in [6.07, 6.45) is 2.69. The maximum absolute atomic E-state index is 13.4. The molecule has 0 aliphatic rings. The van der Waals surface area contributed by atoms with E-state index < -0.39 is 39.2 Å². The van der Waals surface area contributed by atoms with Crippen molar-refractivity contribution >= 4 is 48.8 Å². The number of anilines is 2. The number of nitrogen functional groups attached to an aromatic ring is 2. The summed E-state index contributed by atoms with van der Waals surface area (Å²) in [7, 11) is -4.59. The van der Waals surface area contributed by atoms with E-state index in [2.05, 4.69) is 29.9 Å². The number of hydrogen-bond acceptors (Lipinski definition) is 15. The number of benzene rings is 2. The largest absolute Gasteiger partial charge is 0.441 e. The van der Waals surface area contributed by atoms with Gasteiger partial charge in [0.25, 0.3) is 20.3 Å². The van der Waals surface area contributed by atoms with Gasteiger partial charge in [-0.1, -0.05) is 43.8 Å². The predicted octanol–water partition coefficient (Wildman–Crippen LogP) is 5.02. The monoisotopic (exact) mass is 802 g/mol. The van der Waals surface area contributed by atoms with Crippen LogP contribution in [0.5, 0.6) is 11.5 Å². The topological polar surface area (TPSA) is 239 Å². The van der Waals surface area contributed by atoms with E-state index in [1.807, 2.05) is 12.1 Å². The van der Waals surface area contributed by atoms with Crippen molar-refractivity contribution in [3.05, 3.63) is 90.0 Å². The maximum atomic E-state index is 13.4. The molecule has 6 aromatic rings. The fourth-order valence-corrected chi connectivity index (χ4v) is 7.21. The highest BCUT2D eigenvalue weighted by atomic mass is 31.2. The lowest BCUT2D eigenvalue weighted by molar-refractivity contribution is 0.00741. The molecular formula is C34H45FN10O8P2. The molecule has 2 unspecified atom stereocenters. The number of H-pyrrole nitrogens is 1. The molecule has 4 atom stereocenters. The van der Waals surface area contributed by atoms with Crippen molar-refractivity contribution in [3.63, 3.8) is 0 Å². The minimum Gasteiger partial charge on any atom is -0.441 e. The van der Waals surface area contributed by atoms with Gasteiger partial charge in [0, 0.05) is 20.4 Å². The number of nitrogens with zero attached hydrogens (tertiary/aromatic N) is 7. The number of fused-ring (bicyclic) bond motifs is 2. The number of aromatic amines is 1. The lowest BCUT2D eigenvalue weighted by Crippen LogP contribution is -2.26. The van der Waals surface area contributed by atoms with E-state index >= 15 is 0 Å². The Morgan fingerprint density at radius 1 is 0.782 bits per heavy atom. The first-order valence-electron chi connectivity index (χ1n) is 16.4. The highest BCUT2D eigenvalue weighted by Crippen LogP contribution is 2.44. The number of aromatic nitrogens is 8. The Kier molecular flexibility index (Phi) is 15.0. The molecular weight excluding hydrogens is 757 g/mol. The van der Waals surface area contributed by atoms with Crippen LogP contribution in [-0.4, -0.2) is 97.7 Å². The Bertz CT molecular complexity index is 2280. The number of ether oxygens (including phenoxy) is 3. The summed E-state index contributed by atoms with van der Waals surface area (Å²) in [6, 6.07) is 17.7. The average Bonchev–Trinajstić information content (AvgIpc) is 3.74. The highest BCUT2D eigenvalue weighted by molar-refractivity contribution is 7.58. The Hall–Kier alpha value is -5.19. The lowest BCUT2D eigenvalue weighted by Gasteiger charge is -2.21. The van der Waals surface area contributed by atoms with Crippen LogP contribution in [0.15, 0.2) is 84.4 Å². The number of halogens is 1. The van der Waals surface area contributed by atoms with Gasteiger partial charge in [-0.15, -0.1) is 0 Å². The molecule has 5 N–H and O–H groups in total. The molecule has 2 aromatic carbocycles. The Morgan fingerprint density at radius 3 is 1.87 bits per heavy atom. The summed E-state index contributed by atoms with van der Waals surface area (Å²) in [5, 5.41) is 0. The lowest BCUT2D eigenvalue weighted by atomic mass is 10.3. The number of hydrogen-bond donors (Lipinski definition) is 3. The van der Waals surface area contributed by atoms with Crippen molar-refractivity contribution in [3.8, 4) is 11.5 Å². The summed E-state index contributed by atoms with van der Waals surface area (Å²) >= 11 is 0. The van der Waals surface area contributed by atoms with Gasteiger partial charge in [0.1, 0.15) is 48.8 Å². The number of nitrogens with two attached hydrogens (primary N) is 2. The zero-order chi connectivity index (χ0) is 38.7. The molecule has 4 heterocycles. The van der Waals surface area contributed by atoms with Gasteiger partial charge in [0.05, 0.1) is 38.5 Å². The fourth-order valence-electron chi connectivity index (χ4n) is 5.00. The minimum atomic E-state index is -3.09. The standard InChI is InChI=1S/C17H22N5O5P.C16H19FN5O3P.CH4/c1-25-9-13(26-11-28(2,24)27-12-6-4-3-5-7-12)8-22-10-19-14-15(22)20-17(18)21-16(14)23;1-26(23,25-12-5-3-2-4-6-12)11-24-13(7-17)8-22-10-21-14-15(18)19-9-20-16(14)22;/h3-7,10,13H,8-9,11H2,1-2H3,(H3,18,20,21,23);2-6,9-10,13H,7-8,11H2,1H3,(H2,18,19,20);1H4/t13-,28?;13-,26?;/m10./s1. The Labute approximate surface area is 316 Å². The van der Waals surface area contributed by atoms with Crippen molar-refractivity contribution < 1.29 is 36.8 Å². The number of rotatable bonds is 17. The third-order valence-corrected chi connectivity index (χ3v) is 9.85.